The van der Waals surface area contributed by atoms with Crippen molar-refractivity contribution in [1.29, 1.82) is 0 Å². The van der Waals surface area contributed by atoms with Crippen molar-refractivity contribution >= 4 is 27.8 Å². The molecule has 3 aromatic carbocycles. The first-order valence-electron chi connectivity index (χ1n) is 7.86. The predicted molar refractivity (Wildman–Crippen MR) is 106 cm³/mol. The molecule has 0 amide bonds. The Labute approximate surface area is 156 Å². The molecule has 3 rings (SSSR count). The maximum atomic E-state index is 12.2. The van der Waals surface area contributed by atoms with Crippen molar-refractivity contribution in [2.45, 2.75) is 0 Å². The van der Waals surface area contributed by atoms with Crippen LogP contribution in [-0.2, 0) is 0 Å². The summed E-state index contributed by atoms with van der Waals surface area (Å²) in [6, 6.07) is 24.9. The van der Waals surface area contributed by atoms with Crippen molar-refractivity contribution in [3.63, 3.8) is 0 Å². The zero-order chi connectivity index (χ0) is 17.5. The largest absolute Gasteiger partial charge is 0.289 e. The van der Waals surface area contributed by atoms with Gasteiger partial charge in [0.1, 0.15) is 0 Å². The average molecular weight is 387 g/mol. The van der Waals surface area contributed by atoms with E-state index in [1.165, 1.54) is 0 Å². The Kier molecular flexibility index (Phi) is 5.61. The molecule has 0 unspecified atom stereocenters. The van der Waals surface area contributed by atoms with Crippen LogP contribution >= 0.6 is 15.9 Å². The summed E-state index contributed by atoms with van der Waals surface area (Å²) in [6.07, 6.45) is 3.41. The quantitative estimate of drug-likeness (QED) is 0.318. The maximum absolute atomic E-state index is 12.2. The van der Waals surface area contributed by atoms with E-state index in [2.05, 4.69) is 27.8 Å². The van der Waals surface area contributed by atoms with Crippen molar-refractivity contribution in [2.24, 2.45) is 0 Å². The van der Waals surface area contributed by atoms with Crippen molar-refractivity contribution < 1.29 is 4.79 Å². The Morgan fingerprint density at radius 1 is 0.800 bits per heavy atom. The van der Waals surface area contributed by atoms with Gasteiger partial charge in [-0.25, -0.2) is 0 Å². The minimum atomic E-state index is -0.0173. The Bertz CT molecular complexity index is 958. The number of benzene rings is 3. The summed E-state index contributed by atoms with van der Waals surface area (Å²) in [7, 11) is 0. The molecule has 0 fully saturated rings. The number of allylic oxidation sites excluding steroid dienone is 1. The number of hydrogen-bond donors (Lipinski definition) is 0. The van der Waals surface area contributed by atoms with E-state index < -0.39 is 0 Å². The first kappa shape index (κ1) is 17.0. The van der Waals surface area contributed by atoms with Crippen LogP contribution in [0.4, 0.5) is 0 Å². The summed E-state index contributed by atoms with van der Waals surface area (Å²) >= 11 is 3.42. The predicted octanol–water partition coefficient (Wildman–Crippen LogP) is 5.75. The fourth-order valence-electron chi connectivity index (χ4n) is 2.29. The number of ketones is 1. The topological polar surface area (TPSA) is 17.1 Å². The van der Waals surface area contributed by atoms with Crippen LogP contribution in [0.5, 0.6) is 0 Å². The van der Waals surface area contributed by atoms with E-state index in [9.17, 15) is 4.79 Å². The summed E-state index contributed by atoms with van der Waals surface area (Å²) in [5.74, 6) is 6.33. The Morgan fingerprint density at radius 2 is 1.48 bits per heavy atom. The number of carbonyl (C=O) groups excluding carboxylic acids is 1. The van der Waals surface area contributed by atoms with Crippen LogP contribution in [0.3, 0.4) is 0 Å². The van der Waals surface area contributed by atoms with Crippen molar-refractivity contribution in [1.82, 2.24) is 0 Å². The van der Waals surface area contributed by atoms with Gasteiger partial charge in [0.15, 0.2) is 5.78 Å². The average Bonchev–Trinajstić information content (AvgIpc) is 2.67. The molecule has 0 bridgehead atoms. The number of halogens is 1. The van der Waals surface area contributed by atoms with E-state index in [1.807, 2.05) is 84.9 Å². The molecule has 1 nitrogen and oxygen atoms in total. The molecule has 0 aliphatic carbocycles. The molecule has 0 aliphatic rings. The number of hydrogen-bond acceptors (Lipinski definition) is 1. The maximum Gasteiger partial charge on any atom is 0.185 e. The third-order valence-corrected chi connectivity index (χ3v) is 4.15. The summed E-state index contributed by atoms with van der Waals surface area (Å²) in [6.45, 7) is 0. The van der Waals surface area contributed by atoms with Gasteiger partial charge in [0, 0.05) is 21.2 Å². The first-order valence-corrected chi connectivity index (χ1v) is 8.66. The van der Waals surface area contributed by atoms with Gasteiger partial charge < -0.3 is 0 Å². The summed E-state index contributed by atoms with van der Waals surface area (Å²) in [5, 5.41) is 0. The van der Waals surface area contributed by atoms with E-state index in [1.54, 1.807) is 6.08 Å². The molecule has 0 spiro atoms. The molecule has 25 heavy (non-hydrogen) atoms. The normalized spacial score (nSPS) is 10.3. The highest BCUT2D eigenvalue weighted by atomic mass is 79.9. The third kappa shape index (κ3) is 4.79. The monoisotopic (exact) mass is 386 g/mol. The number of rotatable bonds is 3. The molecule has 0 radical (unpaired) electrons. The molecular formula is C23H15BrO. The Balaban J connectivity index is 1.83. The van der Waals surface area contributed by atoms with Gasteiger partial charge in [-0.15, -0.1) is 0 Å². The fourth-order valence-corrected chi connectivity index (χ4v) is 2.56. The van der Waals surface area contributed by atoms with Crippen LogP contribution in [0.25, 0.3) is 6.08 Å². The van der Waals surface area contributed by atoms with Crippen LogP contribution in [0.2, 0.25) is 0 Å². The van der Waals surface area contributed by atoms with E-state index in [-0.39, 0.29) is 5.78 Å². The van der Waals surface area contributed by atoms with Gasteiger partial charge >= 0.3 is 0 Å². The van der Waals surface area contributed by atoms with Crippen LogP contribution < -0.4 is 0 Å². The van der Waals surface area contributed by atoms with Gasteiger partial charge in [-0.3, -0.25) is 4.79 Å². The minimum Gasteiger partial charge on any atom is -0.289 e. The second-order valence-corrected chi connectivity index (χ2v) is 6.32. The molecule has 0 N–H and O–H groups in total. The van der Waals surface area contributed by atoms with Gasteiger partial charge in [0.25, 0.3) is 0 Å². The van der Waals surface area contributed by atoms with Gasteiger partial charge in [-0.05, 0) is 48.0 Å². The Hall–Kier alpha value is -2.89. The molecule has 0 aromatic heterocycles. The highest BCUT2D eigenvalue weighted by Gasteiger charge is 2.01. The molecule has 120 valence electrons. The lowest BCUT2D eigenvalue weighted by Crippen LogP contribution is -1.93. The van der Waals surface area contributed by atoms with Crippen molar-refractivity contribution in [2.75, 3.05) is 0 Å². The zero-order valence-corrected chi connectivity index (χ0v) is 15.0. The van der Waals surface area contributed by atoms with E-state index in [0.29, 0.717) is 5.56 Å². The van der Waals surface area contributed by atoms with E-state index >= 15 is 0 Å². The standard InChI is InChI=1S/C23H15BrO/c24-22-15-11-18(12-16-22)10-13-19-6-4-5-7-20(19)14-17-23(25)21-8-2-1-3-9-21/h1-9,11-12,14-17H/b17-14+. The molecule has 0 aliphatic heterocycles. The molecule has 2 heteroatoms. The van der Waals surface area contributed by atoms with Crippen LogP contribution in [0.15, 0.2) is 89.4 Å². The second-order valence-electron chi connectivity index (χ2n) is 5.41. The molecule has 0 saturated carbocycles. The van der Waals surface area contributed by atoms with Crippen molar-refractivity contribution in [3.8, 4) is 11.8 Å². The molecule has 0 saturated heterocycles. The van der Waals surface area contributed by atoms with E-state index in [4.69, 9.17) is 0 Å². The highest BCUT2D eigenvalue weighted by molar-refractivity contribution is 9.10. The van der Waals surface area contributed by atoms with Crippen LogP contribution in [0.1, 0.15) is 27.0 Å². The number of carbonyl (C=O) groups is 1. The second kappa shape index (κ2) is 8.28. The smallest absolute Gasteiger partial charge is 0.185 e. The zero-order valence-electron chi connectivity index (χ0n) is 13.4. The van der Waals surface area contributed by atoms with Gasteiger partial charge in [0.2, 0.25) is 0 Å². The molecule has 0 atom stereocenters. The summed E-state index contributed by atoms with van der Waals surface area (Å²) in [5.41, 5.74) is 3.44. The molecule has 0 heterocycles. The van der Waals surface area contributed by atoms with E-state index in [0.717, 1.165) is 21.2 Å². The summed E-state index contributed by atoms with van der Waals surface area (Å²) < 4.78 is 1.03. The fraction of sp³-hybridized carbons (Fsp3) is 0. The summed E-state index contributed by atoms with van der Waals surface area (Å²) in [4.78, 5) is 12.2. The van der Waals surface area contributed by atoms with Crippen LogP contribution in [-0.4, -0.2) is 5.78 Å². The SMILES string of the molecule is O=C(/C=C/c1ccccc1C#Cc1ccc(Br)cc1)c1ccccc1. The molecule has 3 aromatic rings. The van der Waals surface area contributed by atoms with Crippen molar-refractivity contribution in [3.05, 3.63) is 112 Å². The third-order valence-electron chi connectivity index (χ3n) is 3.62. The Morgan fingerprint density at radius 3 is 2.24 bits per heavy atom. The lowest BCUT2D eigenvalue weighted by atomic mass is 10.0. The lowest BCUT2D eigenvalue weighted by molar-refractivity contribution is 0.104. The molecular weight excluding hydrogens is 372 g/mol. The van der Waals surface area contributed by atoms with Gasteiger partial charge in [0.05, 0.1) is 0 Å². The minimum absolute atomic E-state index is 0.0173. The van der Waals surface area contributed by atoms with Crippen LogP contribution in [0, 0.1) is 11.8 Å². The first-order chi connectivity index (χ1) is 12.2. The lowest BCUT2D eigenvalue weighted by Gasteiger charge is -1.99. The van der Waals surface area contributed by atoms with Gasteiger partial charge in [-0.1, -0.05) is 76.3 Å². The highest BCUT2D eigenvalue weighted by Crippen LogP contribution is 2.13. The van der Waals surface area contributed by atoms with Gasteiger partial charge in [-0.2, -0.15) is 0 Å².